The van der Waals surface area contributed by atoms with Crippen molar-refractivity contribution in [1.29, 1.82) is 0 Å². The third-order valence-corrected chi connectivity index (χ3v) is 2.30. The molecule has 2 N–H and O–H groups in total. The molecule has 0 saturated heterocycles. The Morgan fingerprint density at radius 1 is 1.60 bits per heavy atom. The summed E-state index contributed by atoms with van der Waals surface area (Å²) in [5.74, 6) is 0.433. The van der Waals surface area contributed by atoms with Crippen molar-refractivity contribution in [1.82, 2.24) is 0 Å². The molecule has 2 atom stereocenters. The lowest BCUT2D eigenvalue weighted by molar-refractivity contribution is 0.119. The van der Waals surface area contributed by atoms with E-state index in [1.807, 2.05) is 0 Å². The van der Waals surface area contributed by atoms with Gasteiger partial charge in [0.05, 0.1) is 6.61 Å². The molecule has 0 aliphatic carbocycles. The maximum Gasteiger partial charge on any atom is 0.0505 e. The molecule has 0 radical (unpaired) electrons. The molecular formula is C8H19NO. The Morgan fingerprint density at radius 3 is 2.40 bits per heavy atom. The summed E-state index contributed by atoms with van der Waals surface area (Å²) in [6.45, 7) is 7.04. The molecule has 0 heterocycles. The summed E-state index contributed by atoms with van der Waals surface area (Å²) in [5.41, 5.74) is 5.89. The molecule has 0 saturated carbocycles. The van der Waals surface area contributed by atoms with Crippen LogP contribution in [0, 0.1) is 5.92 Å². The van der Waals surface area contributed by atoms with Gasteiger partial charge in [0, 0.05) is 12.6 Å². The Balaban J connectivity index is 3.78. The van der Waals surface area contributed by atoms with Crippen LogP contribution in [0.2, 0.25) is 0 Å². The minimum Gasteiger partial charge on any atom is -0.384 e. The number of hydrogen-bond donors (Lipinski definition) is 1. The topological polar surface area (TPSA) is 35.2 Å². The molecule has 0 rings (SSSR count). The van der Waals surface area contributed by atoms with Crippen molar-refractivity contribution in [2.45, 2.75) is 32.7 Å². The number of hydrogen-bond acceptors (Lipinski definition) is 2. The SMILES string of the molecule is CCC(C)(N)C(C)COC. The summed E-state index contributed by atoms with van der Waals surface area (Å²) < 4.78 is 5.01. The van der Waals surface area contributed by atoms with Gasteiger partial charge in [0.2, 0.25) is 0 Å². The van der Waals surface area contributed by atoms with Crippen molar-refractivity contribution in [2.75, 3.05) is 13.7 Å². The molecule has 2 heteroatoms. The van der Waals surface area contributed by atoms with Crippen LogP contribution in [0.4, 0.5) is 0 Å². The van der Waals surface area contributed by atoms with E-state index in [2.05, 4.69) is 20.8 Å². The smallest absolute Gasteiger partial charge is 0.0505 e. The first kappa shape index (κ1) is 9.92. The van der Waals surface area contributed by atoms with Crippen LogP contribution in [-0.4, -0.2) is 19.3 Å². The number of methoxy groups -OCH3 is 1. The average molecular weight is 145 g/mol. The van der Waals surface area contributed by atoms with Gasteiger partial charge in [-0.1, -0.05) is 13.8 Å². The molecule has 0 aromatic carbocycles. The normalized spacial score (nSPS) is 20.1. The van der Waals surface area contributed by atoms with Crippen LogP contribution < -0.4 is 5.73 Å². The lowest BCUT2D eigenvalue weighted by Gasteiger charge is -2.29. The third kappa shape index (κ3) is 2.67. The van der Waals surface area contributed by atoms with E-state index in [0.717, 1.165) is 13.0 Å². The second kappa shape index (κ2) is 3.94. The summed E-state index contributed by atoms with van der Waals surface area (Å²) in [7, 11) is 1.71. The van der Waals surface area contributed by atoms with Crippen LogP contribution >= 0.6 is 0 Å². The first-order valence-electron chi connectivity index (χ1n) is 3.82. The summed E-state index contributed by atoms with van der Waals surface area (Å²) in [5, 5.41) is 0. The minimum absolute atomic E-state index is 0.0734. The molecule has 2 unspecified atom stereocenters. The van der Waals surface area contributed by atoms with E-state index in [-0.39, 0.29) is 5.54 Å². The zero-order chi connectivity index (χ0) is 8.20. The van der Waals surface area contributed by atoms with Crippen LogP contribution in [-0.2, 0) is 4.74 Å². The lowest BCUT2D eigenvalue weighted by Crippen LogP contribution is -2.44. The van der Waals surface area contributed by atoms with E-state index in [0.29, 0.717) is 5.92 Å². The molecule has 2 nitrogen and oxygen atoms in total. The first-order valence-corrected chi connectivity index (χ1v) is 3.82. The van der Waals surface area contributed by atoms with E-state index in [4.69, 9.17) is 10.5 Å². The van der Waals surface area contributed by atoms with Crippen molar-refractivity contribution < 1.29 is 4.74 Å². The fourth-order valence-corrected chi connectivity index (χ4v) is 0.789. The maximum absolute atomic E-state index is 5.97. The number of ether oxygens (including phenoxy) is 1. The van der Waals surface area contributed by atoms with Gasteiger partial charge in [-0.25, -0.2) is 0 Å². The number of nitrogens with two attached hydrogens (primary N) is 1. The Hall–Kier alpha value is -0.0800. The fraction of sp³-hybridized carbons (Fsp3) is 1.00. The lowest BCUT2D eigenvalue weighted by atomic mass is 9.86. The van der Waals surface area contributed by atoms with Crippen molar-refractivity contribution in [3.05, 3.63) is 0 Å². The Morgan fingerprint density at radius 2 is 2.10 bits per heavy atom. The zero-order valence-corrected chi connectivity index (χ0v) is 7.48. The van der Waals surface area contributed by atoms with Gasteiger partial charge in [0.15, 0.2) is 0 Å². The molecule has 0 spiro atoms. The summed E-state index contributed by atoms with van der Waals surface area (Å²) in [6.07, 6.45) is 0.998. The summed E-state index contributed by atoms with van der Waals surface area (Å²) >= 11 is 0. The Labute approximate surface area is 63.7 Å². The Kier molecular flexibility index (Phi) is 3.91. The van der Waals surface area contributed by atoms with E-state index < -0.39 is 0 Å². The van der Waals surface area contributed by atoms with Gasteiger partial charge < -0.3 is 10.5 Å². The van der Waals surface area contributed by atoms with Crippen molar-refractivity contribution in [3.8, 4) is 0 Å². The van der Waals surface area contributed by atoms with Gasteiger partial charge in [-0.05, 0) is 19.3 Å². The van der Waals surface area contributed by atoms with Gasteiger partial charge >= 0.3 is 0 Å². The summed E-state index contributed by atoms with van der Waals surface area (Å²) in [4.78, 5) is 0. The second-order valence-corrected chi connectivity index (χ2v) is 3.22. The largest absolute Gasteiger partial charge is 0.384 e. The minimum atomic E-state index is -0.0734. The van der Waals surface area contributed by atoms with Gasteiger partial charge in [-0.2, -0.15) is 0 Å². The second-order valence-electron chi connectivity index (χ2n) is 3.22. The van der Waals surface area contributed by atoms with Crippen LogP contribution in [0.25, 0.3) is 0 Å². The highest BCUT2D eigenvalue weighted by molar-refractivity contribution is 4.82. The standard InChI is InChI=1S/C8H19NO/c1-5-8(3,9)7(2)6-10-4/h7H,5-6,9H2,1-4H3. The maximum atomic E-state index is 5.97. The fourth-order valence-electron chi connectivity index (χ4n) is 0.789. The first-order chi connectivity index (χ1) is 4.54. The molecule has 10 heavy (non-hydrogen) atoms. The van der Waals surface area contributed by atoms with Gasteiger partial charge in [0.25, 0.3) is 0 Å². The van der Waals surface area contributed by atoms with Crippen molar-refractivity contribution >= 4 is 0 Å². The molecule has 0 aromatic heterocycles. The Bertz CT molecular complexity index is 91.3. The zero-order valence-electron chi connectivity index (χ0n) is 7.48. The van der Waals surface area contributed by atoms with E-state index >= 15 is 0 Å². The van der Waals surface area contributed by atoms with Crippen LogP contribution in [0.1, 0.15) is 27.2 Å². The molecular weight excluding hydrogens is 126 g/mol. The van der Waals surface area contributed by atoms with Crippen molar-refractivity contribution in [2.24, 2.45) is 11.7 Å². The molecule has 0 aliphatic heterocycles. The molecule has 0 amide bonds. The number of rotatable bonds is 4. The van der Waals surface area contributed by atoms with Crippen LogP contribution in [0.5, 0.6) is 0 Å². The van der Waals surface area contributed by atoms with Gasteiger partial charge in [0.1, 0.15) is 0 Å². The van der Waals surface area contributed by atoms with Crippen LogP contribution in [0.3, 0.4) is 0 Å². The molecule has 0 aromatic rings. The molecule has 0 aliphatic rings. The highest BCUT2D eigenvalue weighted by Gasteiger charge is 2.23. The van der Waals surface area contributed by atoms with Crippen molar-refractivity contribution in [3.63, 3.8) is 0 Å². The third-order valence-electron chi connectivity index (χ3n) is 2.30. The van der Waals surface area contributed by atoms with E-state index in [1.165, 1.54) is 0 Å². The van der Waals surface area contributed by atoms with Gasteiger partial charge in [-0.3, -0.25) is 0 Å². The predicted octanol–water partition coefficient (Wildman–Crippen LogP) is 1.40. The van der Waals surface area contributed by atoms with Gasteiger partial charge in [-0.15, -0.1) is 0 Å². The quantitative estimate of drug-likeness (QED) is 0.649. The molecule has 62 valence electrons. The summed E-state index contributed by atoms with van der Waals surface area (Å²) in [6, 6.07) is 0. The molecule has 0 fully saturated rings. The molecule has 0 bridgehead atoms. The predicted molar refractivity (Wildman–Crippen MR) is 43.9 cm³/mol. The van der Waals surface area contributed by atoms with Crippen LogP contribution in [0.15, 0.2) is 0 Å². The highest BCUT2D eigenvalue weighted by atomic mass is 16.5. The monoisotopic (exact) mass is 145 g/mol. The average Bonchev–Trinajstić information content (AvgIpc) is 1.89. The van der Waals surface area contributed by atoms with E-state index in [1.54, 1.807) is 7.11 Å². The highest BCUT2D eigenvalue weighted by Crippen LogP contribution is 2.17. The van der Waals surface area contributed by atoms with E-state index in [9.17, 15) is 0 Å².